The first-order valence-corrected chi connectivity index (χ1v) is 9.65. The Kier molecular flexibility index (Phi) is 6.11. The quantitative estimate of drug-likeness (QED) is 0.811. The summed E-state index contributed by atoms with van der Waals surface area (Å²) in [7, 11) is 0. The van der Waals surface area contributed by atoms with Crippen molar-refractivity contribution in [1.29, 1.82) is 0 Å². The highest BCUT2D eigenvalue weighted by Crippen LogP contribution is 2.32. The van der Waals surface area contributed by atoms with Gasteiger partial charge in [0.2, 0.25) is 0 Å². The van der Waals surface area contributed by atoms with E-state index in [1.165, 1.54) is 24.0 Å². The summed E-state index contributed by atoms with van der Waals surface area (Å²) in [5.74, 6) is 0.512. The molecule has 0 spiro atoms. The van der Waals surface area contributed by atoms with Crippen molar-refractivity contribution in [2.45, 2.75) is 58.2 Å². The molecule has 5 heteroatoms. The molecule has 0 aliphatic carbocycles. The SMILES string of the molecule is CC(C)(C)OC(=O)Nc1ccc([C@@H]2CCCCN2Cc2ccccc2)cn1. The molecule has 2 aromatic rings. The molecule has 1 aromatic carbocycles. The molecule has 0 unspecified atom stereocenters. The average Bonchev–Trinajstić information content (AvgIpc) is 2.62. The number of aromatic nitrogens is 1. The first kappa shape index (κ1) is 19.4. The van der Waals surface area contributed by atoms with Gasteiger partial charge in [-0.2, -0.15) is 0 Å². The minimum absolute atomic E-state index is 0.363. The number of ether oxygens (including phenoxy) is 1. The van der Waals surface area contributed by atoms with E-state index in [0.29, 0.717) is 11.9 Å². The molecule has 0 radical (unpaired) electrons. The summed E-state index contributed by atoms with van der Waals surface area (Å²) >= 11 is 0. The van der Waals surface area contributed by atoms with Crippen molar-refractivity contribution in [1.82, 2.24) is 9.88 Å². The van der Waals surface area contributed by atoms with E-state index in [0.717, 1.165) is 19.5 Å². The van der Waals surface area contributed by atoms with Crippen molar-refractivity contribution in [3.05, 3.63) is 59.8 Å². The predicted octanol–water partition coefficient (Wildman–Crippen LogP) is 5.16. The number of hydrogen-bond donors (Lipinski definition) is 1. The molecule has 1 N–H and O–H groups in total. The van der Waals surface area contributed by atoms with E-state index >= 15 is 0 Å². The second-order valence-corrected chi connectivity index (χ2v) is 8.07. The first-order chi connectivity index (χ1) is 12.9. The lowest BCUT2D eigenvalue weighted by atomic mass is 9.95. The summed E-state index contributed by atoms with van der Waals surface area (Å²) in [6.07, 6.45) is 4.99. The van der Waals surface area contributed by atoms with Crippen LogP contribution in [0.5, 0.6) is 0 Å². The maximum Gasteiger partial charge on any atom is 0.413 e. The van der Waals surface area contributed by atoms with E-state index in [9.17, 15) is 4.79 Å². The van der Waals surface area contributed by atoms with Crippen molar-refractivity contribution < 1.29 is 9.53 Å². The normalized spacial score (nSPS) is 18.1. The number of carbonyl (C=O) groups excluding carboxylic acids is 1. The summed E-state index contributed by atoms with van der Waals surface area (Å²) in [6, 6.07) is 14.9. The molecule has 1 atom stereocenters. The Hall–Kier alpha value is -2.40. The zero-order chi connectivity index (χ0) is 19.3. The highest BCUT2D eigenvalue weighted by atomic mass is 16.6. The molecule has 0 saturated carbocycles. The van der Waals surface area contributed by atoms with E-state index in [4.69, 9.17) is 4.74 Å². The maximum atomic E-state index is 11.9. The van der Waals surface area contributed by atoms with Gasteiger partial charge in [-0.25, -0.2) is 9.78 Å². The number of nitrogens with one attached hydrogen (secondary N) is 1. The number of piperidine rings is 1. The number of nitrogens with zero attached hydrogens (tertiary/aromatic N) is 2. The van der Waals surface area contributed by atoms with Crippen LogP contribution in [0.4, 0.5) is 10.6 Å². The lowest BCUT2D eigenvalue weighted by Gasteiger charge is -2.36. The van der Waals surface area contributed by atoms with Gasteiger partial charge in [0.15, 0.2) is 0 Å². The Balaban J connectivity index is 1.66. The van der Waals surface area contributed by atoms with Crippen LogP contribution in [-0.4, -0.2) is 28.1 Å². The maximum absolute atomic E-state index is 11.9. The standard InChI is InChI=1S/C22H29N3O2/c1-22(2,3)27-21(26)24-20-13-12-18(15-23-20)19-11-7-8-14-25(19)16-17-9-5-4-6-10-17/h4-6,9-10,12-13,15,19H,7-8,11,14,16H2,1-3H3,(H,23,24,26)/t19-/m0/s1. The van der Waals surface area contributed by atoms with Gasteiger partial charge in [-0.05, 0) is 57.4 Å². The minimum atomic E-state index is -0.524. The molecule has 1 aliphatic heterocycles. The van der Waals surface area contributed by atoms with Crippen molar-refractivity contribution in [2.75, 3.05) is 11.9 Å². The first-order valence-electron chi connectivity index (χ1n) is 9.65. The topological polar surface area (TPSA) is 54.5 Å². The van der Waals surface area contributed by atoms with Gasteiger partial charge in [-0.15, -0.1) is 0 Å². The second-order valence-electron chi connectivity index (χ2n) is 8.07. The molecule has 5 nitrogen and oxygen atoms in total. The van der Waals surface area contributed by atoms with Crippen LogP contribution < -0.4 is 5.32 Å². The van der Waals surface area contributed by atoms with Crippen LogP contribution in [0.3, 0.4) is 0 Å². The number of benzene rings is 1. The Bertz CT molecular complexity index is 738. The number of likely N-dealkylation sites (tertiary alicyclic amines) is 1. The van der Waals surface area contributed by atoms with Gasteiger partial charge in [0.25, 0.3) is 0 Å². The van der Waals surface area contributed by atoms with Gasteiger partial charge in [-0.1, -0.05) is 42.8 Å². The monoisotopic (exact) mass is 367 g/mol. The number of amides is 1. The third kappa shape index (κ3) is 5.79. The fraction of sp³-hybridized carbons (Fsp3) is 0.455. The molecular formula is C22H29N3O2. The lowest BCUT2D eigenvalue weighted by molar-refractivity contribution is 0.0635. The summed E-state index contributed by atoms with van der Waals surface area (Å²) in [4.78, 5) is 18.8. The lowest BCUT2D eigenvalue weighted by Crippen LogP contribution is -2.33. The third-order valence-corrected chi connectivity index (χ3v) is 4.64. The summed E-state index contributed by atoms with van der Waals surface area (Å²) in [5, 5.41) is 2.69. The Morgan fingerprint density at radius 2 is 1.96 bits per heavy atom. The van der Waals surface area contributed by atoms with Crippen LogP contribution >= 0.6 is 0 Å². The highest BCUT2D eigenvalue weighted by molar-refractivity contribution is 5.83. The van der Waals surface area contributed by atoms with Crippen LogP contribution in [0.1, 0.15) is 57.2 Å². The Labute approximate surface area is 161 Å². The highest BCUT2D eigenvalue weighted by Gasteiger charge is 2.24. The van der Waals surface area contributed by atoms with E-state index in [2.05, 4.69) is 51.6 Å². The van der Waals surface area contributed by atoms with E-state index in [-0.39, 0.29) is 0 Å². The predicted molar refractivity (Wildman–Crippen MR) is 108 cm³/mol. The van der Waals surface area contributed by atoms with Crippen molar-refractivity contribution in [3.63, 3.8) is 0 Å². The molecule has 27 heavy (non-hydrogen) atoms. The Morgan fingerprint density at radius 1 is 1.19 bits per heavy atom. The van der Waals surface area contributed by atoms with Gasteiger partial charge in [-0.3, -0.25) is 10.2 Å². The van der Waals surface area contributed by atoms with Crippen molar-refractivity contribution >= 4 is 11.9 Å². The van der Waals surface area contributed by atoms with Crippen LogP contribution in [0, 0.1) is 0 Å². The molecule has 1 aliphatic rings. The van der Waals surface area contributed by atoms with E-state index < -0.39 is 11.7 Å². The van der Waals surface area contributed by atoms with Gasteiger partial charge < -0.3 is 4.74 Å². The molecule has 2 heterocycles. The number of carbonyl (C=O) groups is 1. The third-order valence-electron chi connectivity index (χ3n) is 4.64. The summed E-state index contributed by atoms with van der Waals surface area (Å²) < 4.78 is 5.27. The average molecular weight is 367 g/mol. The molecule has 0 bridgehead atoms. The number of pyridine rings is 1. The zero-order valence-corrected chi connectivity index (χ0v) is 16.4. The fourth-order valence-electron chi connectivity index (χ4n) is 3.46. The Morgan fingerprint density at radius 3 is 2.63 bits per heavy atom. The van der Waals surface area contributed by atoms with Gasteiger partial charge in [0.1, 0.15) is 11.4 Å². The zero-order valence-electron chi connectivity index (χ0n) is 16.4. The summed E-state index contributed by atoms with van der Waals surface area (Å²) in [5.41, 5.74) is 2.00. The van der Waals surface area contributed by atoms with Gasteiger partial charge >= 0.3 is 6.09 Å². The smallest absolute Gasteiger partial charge is 0.413 e. The van der Waals surface area contributed by atoms with Gasteiger partial charge in [0, 0.05) is 18.8 Å². The largest absolute Gasteiger partial charge is 0.444 e. The van der Waals surface area contributed by atoms with Crippen molar-refractivity contribution in [2.24, 2.45) is 0 Å². The number of rotatable bonds is 4. The second kappa shape index (κ2) is 8.53. The van der Waals surface area contributed by atoms with Crippen LogP contribution in [-0.2, 0) is 11.3 Å². The van der Waals surface area contributed by atoms with Crippen LogP contribution in [0.15, 0.2) is 48.7 Å². The van der Waals surface area contributed by atoms with E-state index in [1.807, 2.05) is 33.0 Å². The van der Waals surface area contributed by atoms with E-state index in [1.54, 1.807) is 0 Å². The number of anilines is 1. The van der Waals surface area contributed by atoms with Gasteiger partial charge in [0.05, 0.1) is 0 Å². The molecule has 1 saturated heterocycles. The molecule has 1 amide bonds. The fourth-order valence-corrected chi connectivity index (χ4v) is 3.46. The summed E-state index contributed by atoms with van der Waals surface area (Å²) in [6.45, 7) is 7.56. The molecular weight excluding hydrogens is 338 g/mol. The molecule has 1 fully saturated rings. The van der Waals surface area contributed by atoms with Crippen LogP contribution in [0.2, 0.25) is 0 Å². The molecule has 1 aromatic heterocycles. The minimum Gasteiger partial charge on any atom is -0.444 e. The molecule has 144 valence electrons. The molecule has 3 rings (SSSR count). The number of hydrogen-bond acceptors (Lipinski definition) is 4. The van der Waals surface area contributed by atoms with Crippen LogP contribution in [0.25, 0.3) is 0 Å². The van der Waals surface area contributed by atoms with Crippen molar-refractivity contribution in [3.8, 4) is 0 Å².